The average Bonchev–Trinajstić information content (AvgIpc) is 3.08. The minimum Gasteiger partial charge on any atom is -0.339 e. The van der Waals surface area contributed by atoms with Crippen molar-refractivity contribution in [2.45, 2.75) is 31.8 Å². The quantitative estimate of drug-likeness (QED) is 0.762. The van der Waals surface area contributed by atoms with Gasteiger partial charge in [0.1, 0.15) is 6.04 Å². The smallest absolute Gasteiger partial charge is 0.272 e. The van der Waals surface area contributed by atoms with E-state index in [0.717, 1.165) is 30.6 Å². The van der Waals surface area contributed by atoms with Gasteiger partial charge in [-0.15, -0.1) is 0 Å². The number of halogens is 1. The molecule has 8 heteroatoms. The molecule has 1 aromatic heterocycles. The van der Waals surface area contributed by atoms with Crippen LogP contribution in [0.4, 0.5) is 5.69 Å². The molecule has 26 heavy (non-hydrogen) atoms. The van der Waals surface area contributed by atoms with E-state index in [2.05, 4.69) is 20.8 Å². The number of piperidine rings is 1. The van der Waals surface area contributed by atoms with Crippen molar-refractivity contribution in [3.8, 4) is 0 Å². The Hall–Kier alpha value is -2.38. The van der Waals surface area contributed by atoms with Crippen LogP contribution in [0.25, 0.3) is 0 Å². The van der Waals surface area contributed by atoms with Gasteiger partial charge >= 0.3 is 0 Å². The van der Waals surface area contributed by atoms with Gasteiger partial charge in [-0.25, -0.2) is 0 Å². The van der Waals surface area contributed by atoms with Crippen molar-refractivity contribution >= 4 is 29.1 Å². The number of benzene rings is 1. The molecule has 0 bridgehead atoms. The molecule has 3 heterocycles. The Morgan fingerprint density at radius 2 is 2.19 bits per heavy atom. The lowest BCUT2D eigenvalue weighted by atomic mass is 10.0. The molecule has 3 N–H and O–H groups in total. The molecule has 1 saturated heterocycles. The van der Waals surface area contributed by atoms with Gasteiger partial charge < -0.3 is 15.5 Å². The number of para-hydroxylation sites is 1. The first-order valence-electron chi connectivity index (χ1n) is 8.79. The topological polar surface area (TPSA) is 90.1 Å². The number of carbonyl (C=O) groups is 2. The van der Waals surface area contributed by atoms with Gasteiger partial charge in [-0.05, 0) is 25.0 Å². The predicted octanol–water partition coefficient (Wildman–Crippen LogP) is 1.63. The fourth-order valence-corrected chi connectivity index (χ4v) is 3.80. The minimum atomic E-state index is -0.573. The third-order valence-corrected chi connectivity index (χ3v) is 5.23. The van der Waals surface area contributed by atoms with Crippen molar-refractivity contribution < 1.29 is 9.59 Å². The van der Waals surface area contributed by atoms with Crippen LogP contribution in [0.2, 0.25) is 5.02 Å². The number of hydrogen-bond acceptors (Lipinski definition) is 4. The second-order valence-electron chi connectivity index (χ2n) is 6.57. The molecular formula is C18H20ClN5O2. The average molecular weight is 374 g/mol. The number of aromatic nitrogens is 2. The number of aromatic amines is 1. The summed E-state index contributed by atoms with van der Waals surface area (Å²) in [6.07, 6.45) is 2.22. The molecule has 7 nitrogen and oxygen atoms in total. The van der Waals surface area contributed by atoms with Crippen molar-refractivity contribution in [2.75, 3.05) is 18.0 Å². The zero-order valence-electron chi connectivity index (χ0n) is 14.2. The third-order valence-electron chi connectivity index (χ3n) is 4.91. The summed E-state index contributed by atoms with van der Waals surface area (Å²) in [5.41, 5.74) is 2.93. The number of hydrogen-bond donors (Lipinski definition) is 3. The molecule has 1 fully saturated rings. The van der Waals surface area contributed by atoms with Crippen LogP contribution >= 0.6 is 11.6 Å². The molecule has 2 amide bonds. The molecule has 2 aromatic rings. The fraction of sp³-hybridized carbons (Fsp3) is 0.389. The molecule has 1 aromatic carbocycles. The van der Waals surface area contributed by atoms with E-state index in [1.54, 1.807) is 11.0 Å². The lowest BCUT2D eigenvalue weighted by molar-refractivity contribution is -0.121. The normalized spacial score (nSPS) is 20.0. The number of fused-ring (bicyclic) bond motifs is 1. The van der Waals surface area contributed by atoms with Crippen LogP contribution < -0.4 is 15.5 Å². The van der Waals surface area contributed by atoms with E-state index in [-0.39, 0.29) is 11.8 Å². The van der Waals surface area contributed by atoms with E-state index in [1.807, 2.05) is 18.2 Å². The van der Waals surface area contributed by atoms with E-state index >= 15 is 0 Å². The molecule has 2 aliphatic rings. The van der Waals surface area contributed by atoms with E-state index < -0.39 is 6.04 Å². The first-order valence-corrected chi connectivity index (χ1v) is 9.16. The van der Waals surface area contributed by atoms with Crippen LogP contribution in [0.5, 0.6) is 0 Å². The van der Waals surface area contributed by atoms with Gasteiger partial charge in [-0.1, -0.05) is 23.7 Å². The number of amides is 2. The lowest BCUT2D eigenvalue weighted by Gasteiger charge is -2.33. The maximum atomic E-state index is 12.9. The molecule has 2 aliphatic heterocycles. The molecule has 4 rings (SSSR count). The van der Waals surface area contributed by atoms with Gasteiger partial charge in [0.25, 0.3) is 5.91 Å². The highest BCUT2D eigenvalue weighted by atomic mass is 35.5. The summed E-state index contributed by atoms with van der Waals surface area (Å²) in [5.74, 6) is -0.453. The number of H-pyrrole nitrogens is 1. The standard InChI is InChI=1S/C18H20ClN5O2/c19-12-4-1-2-6-15(12)24-9-3-5-14(18(24)26)21-17(25)16-11-10-20-8-7-13(11)22-23-16/h1-2,4,6,14,20H,3,5,7-10H2,(H,21,25)(H,22,23). The Morgan fingerprint density at radius 3 is 3.04 bits per heavy atom. The first kappa shape index (κ1) is 17.1. The highest BCUT2D eigenvalue weighted by Crippen LogP contribution is 2.28. The van der Waals surface area contributed by atoms with E-state index in [1.165, 1.54) is 0 Å². The number of rotatable bonds is 3. The van der Waals surface area contributed by atoms with E-state index in [4.69, 9.17) is 11.6 Å². The van der Waals surface area contributed by atoms with Gasteiger partial charge in [0.05, 0.1) is 10.7 Å². The molecule has 1 atom stereocenters. The van der Waals surface area contributed by atoms with Crippen molar-refractivity contribution in [2.24, 2.45) is 0 Å². The molecule has 136 valence electrons. The van der Waals surface area contributed by atoms with Crippen LogP contribution in [0.3, 0.4) is 0 Å². The molecular weight excluding hydrogens is 354 g/mol. The largest absolute Gasteiger partial charge is 0.339 e. The Morgan fingerprint density at radius 1 is 1.35 bits per heavy atom. The Bertz CT molecular complexity index is 850. The fourth-order valence-electron chi connectivity index (χ4n) is 3.56. The molecule has 1 unspecified atom stereocenters. The number of nitrogens with zero attached hydrogens (tertiary/aromatic N) is 2. The van der Waals surface area contributed by atoms with E-state index in [9.17, 15) is 9.59 Å². The summed E-state index contributed by atoms with van der Waals surface area (Å²) in [7, 11) is 0. The summed E-state index contributed by atoms with van der Waals surface area (Å²) < 4.78 is 0. The second kappa shape index (κ2) is 7.09. The summed E-state index contributed by atoms with van der Waals surface area (Å²) in [5, 5.41) is 13.7. The summed E-state index contributed by atoms with van der Waals surface area (Å²) >= 11 is 6.23. The Balaban J connectivity index is 1.51. The first-order chi connectivity index (χ1) is 12.6. The molecule has 0 saturated carbocycles. The Kier molecular flexibility index (Phi) is 4.65. The lowest BCUT2D eigenvalue weighted by Crippen LogP contribution is -2.52. The Labute approximate surface area is 156 Å². The van der Waals surface area contributed by atoms with Gasteiger partial charge in [0.2, 0.25) is 5.91 Å². The SMILES string of the molecule is O=C(NC1CCCN(c2ccccc2Cl)C1=O)c1n[nH]c2c1CNCC2. The van der Waals surface area contributed by atoms with Gasteiger partial charge in [-0.2, -0.15) is 5.10 Å². The molecule has 0 radical (unpaired) electrons. The maximum absolute atomic E-state index is 12.9. The van der Waals surface area contributed by atoms with E-state index in [0.29, 0.717) is 35.9 Å². The van der Waals surface area contributed by atoms with Crippen LogP contribution in [0.1, 0.15) is 34.6 Å². The predicted molar refractivity (Wildman–Crippen MR) is 98.3 cm³/mol. The second-order valence-corrected chi connectivity index (χ2v) is 6.97. The van der Waals surface area contributed by atoms with Gasteiger partial charge in [0, 0.05) is 37.3 Å². The van der Waals surface area contributed by atoms with Crippen molar-refractivity contribution in [3.05, 3.63) is 46.2 Å². The van der Waals surface area contributed by atoms with Gasteiger partial charge in [0.15, 0.2) is 5.69 Å². The zero-order valence-corrected chi connectivity index (χ0v) is 15.0. The highest BCUT2D eigenvalue weighted by molar-refractivity contribution is 6.33. The van der Waals surface area contributed by atoms with Crippen LogP contribution in [0.15, 0.2) is 24.3 Å². The van der Waals surface area contributed by atoms with Crippen molar-refractivity contribution in [3.63, 3.8) is 0 Å². The molecule has 0 spiro atoms. The van der Waals surface area contributed by atoms with Crippen LogP contribution in [-0.2, 0) is 17.8 Å². The number of carbonyl (C=O) groups excluding carboxylic acids is 2. The number of anilines is 1. The molecule has 0 aliphatic carbocycles. The summed E-state index contributed by atoms with van der Waals surface area (Å²) in [6, 6.07) is 6.68. The zero-order chi connectivity index (χ0) is 18.1. The maximum Gasteiger partial charge on any atom is 0.272 e. The monoisotopic (exact) mass is 373 g/mol. The third kappa shape index (κ3) is 3.08. The summed E-state index contributed by atoms with van der Waals surface area (Å²) in [6.45, 7) is 2.07. The summed E-state index contributed by atoms with van der Waals surface area (Å²) in [4.78, 5) is 27.2. The van der Waals surface area contributed by atoms with Crippen LogP contribution in [0, 0.1) is 0 Å². The minimum absolute atomic E-state index is 0.139. The van der Waals surface area contributed by atoms with Crippen LogP contribution in [-0.4, -0.2) is 41.1 Å². The highest BCUT2D eigenvalue weighted by Gasteiger charge is 2.33. The van der Waals surface area contributed by atoms with Gasteiger partial charge in [-0.3, -0.25) is 14.7 Å². The van der Waals surface area contributed by atoms with Crippen molar-refractivity contribution in [1.29, 1.82) is 0 Å². The van der Waals surface area contributed by atoms with Crippen molar-refractivity contribution in [1.82, 2.24) is 20.8 Å². The number of nitrogens with one attached hydrogen (secondary N) is 3.